The largest absolute Gasteiger partial charge is 0.350 e. The van der Waals surface area contributed by atoms with Crippen molar-refractivity contribution in [3.8, 4) is 0 Å². The second kappa shape index (κ2) is 6.29. The molecule has 100 valence electrons. The molecule has 1 saturated heterocycles. The second-order valence-corrected chi connectivity index (χ2v) is 6.26. The van der Waals surface area contributed by atoms with E-state index in [0.29, 0.717) is 4.88 Å². The van der Waals surface area contributed by atoms with E-state index in [9.17, 15) is 4.79 Å². The van der Waals surface area contributed by atoms with Gasteiger partial charge in [0.05, 0.1) is 11.2 Å². The highest BCUT2D eigenvalue weighted by atomic mass is 32.1. The molecule has 0 atom stereocenters. The predicted molar refractivity (Wildman–Crippen MR) is 74.0 cm³/mol. The van der Waals surface area contributed by atoms with E-state index in [1.165, 1.54) is 24.2 Å². The Morgan fingerprint density at radius 2 is 2.28 bits per heavy atom. The van der Waals surface area contributed by atoms with Gasteiger partial charge in [-0.2, -0.15) is 0 Å². The van der Waals surface area contributed by atoms with Crippen molar-refractivity contribution < 1.29 is 4.79 Å². The molecule has 1 amide bonds. The predicted octanol–water partition coefficient (Wildman–Crippen LogP) is 1.91. The van der Waals surface area contributed by atoms with Crippen LogP contribution in [-0.4, -0.2) is 42.0 Å². The highest BCUT2D eigenvalue weighted by Gasteiger charge is 2.15. The number of nitrogens with one attached hydrogen (secondary N) is 1. The van der Waals surface area contributed by atoms with Gasteiger partial charge >= 0.3 is 0 Å². The second-order valence-electron chi connectivity index (χ2n) is 5.02. The van der Waals surface area contributed by atoms with E-state index in [1.54, 1.807) is 6.20 Å². The maximum absolute atomic E-state index is 11.8. The molecule has 0 saturated carbocycles. The molecule has 1 aliphatic heterocycles. The van der Waals surface area contributed by atoms with Gasteiger partial charge in [0.1, 0.15) is 4.88 Å². The standard InChI is InChI=1S/C13H21N3OS/c1-10-3-6-16(7-4-10)8-5-14-13(17)12-9-15-11(2)18-12/h9-10H,3-8H2,1-2H3,(H,14,17). The zero-order valence-electron chi connectivity index (χ0n) is 11.1. The molecule has 0 aliphatic carbocycles. The van der Waals surface area contributed by atoms with Gasteiger partial charge in [-0.1, -0.05) is 6.92 Å². The highest BCUT2D eigenvalue weighted by molar-refractivity contribution is 7.13. The Hall–Kier alpha value is -0.940. The zero-order chi connectivity index (χ0) is 13.0. The first-order valence-electron chi connectivity index (χ1n) is 6.58. The normalized spacial score (nSPS) is 17.9. The SMILES string of the molecule is Cc1ncc(C(=O)NCCN2CCC(C)CC2)s1. The summed E-state index contributed by atoms with van der Waals surface area (Å²) in [7, 11) is 0. The number of nitrogens with zero attached hydrogens (tertiary/aromatic N) is 2. The third kappa shape index (κ3) is 3.78. The van der Waals surface area contributed by atoms with E-state index in [4.69, 9.17) is 0 Å². The first-order valence-corrected chi connectivity index (χ1v) is 7.40. The fraction of sp³-hybridized carbons (Fsp3) is 0.692. The number of carbonyl (C=O) groups is 1. The van der Waals surface area contributed by atoms with Crippen molar-refractivity contribution in [2.75, 3.05) is 26.2 Å². The van der Waals surface area contributed by atoms with Crippen molar-refractivity contribution in [3.05, 3.63) is 16.1 Å². The van der Waals surface area contributed by atoms with Gasteiger partial charge in [-0.05, 0) is 38.8 Å². The summed E-state index contributed by atoms with van der Waals surface area (Å²) in [6, 6.07) is 0. The maximum atomic E-state index is 11.8. The van der Waals surface area contributed by atoms with Crippen molar-refractivity contribution in [1.29, 1.82) is 0 Å². The lowest BCUT2D eigenvalue weighted by atomic mass is 9.99. The summed E-state index contributed by atoms with van der Waals surface area (Å²) in [5.74, 6) is 0.863. The molecule has 1 aromatic rings. The molecule has 0 unspecified atom stereocenters. The minimum absolute atomic E-state index is 0.00553. The van der Waals surface area contributed by atoms with Gasteiger partial charge in [-0.3, -0.25) is 4.79 Å². The lowest BCUT2D eigenvalue weighted by molar-refractivity contribution is 0.0948. The average molecular weight is 267 g/mol. The first kappa shape index (κ1) is 13.5. The van der Waals surface area contributed by atoms with Gasteiger partial charge < -0.3 is 10.2 Å². The van der Waals surface area contributed by atoms with Crippen molar-refractivity contribution >= 4 is 17.2 Å². The molecule has 0 bridgehead atoms. The third-order valence-electron chi connectivity index (χ3n) is 3.43. The number of rotatable bonds is 4. The number of aromatic nitrogens is 1. The summed E-state index contributed by atoms with van der Waals surface area (Å²) >= 11 is 1.45. The number of hydrogen-bond acceptors (Lipinski definition) is 4. The molecule has 4 nitrogen and oxygen atoms in total. The van der Waals surface area contributed by atoms with Gasteiger partial charge in [0, 0.05) is 13.1 Å². The Kier molecular flexibility index (Phi) is 4.72. The van der Waals surface area contributed by atoms with Crippen LogP contribution < -0.4 is 5.32 Å². The molecule has 0 radical (unpaired) electrons. The smallest absolute Gasteiger partial charge is 0.263 e. The van der Waals surface area contributed by atoms with Crippen LogP contribution >= 0.6 is 11.3 Å². The fourth-order valence-corrected chi connectivity index (χ4v) is 2.86. The van der Waals surface area contributed by atoms with Crippen LogP contribution in [0.3, 0.4) is 0 Å². The van der Waals surface area contributed by atoms with Gasteiger partial charge in [-0.25, -0.2) is 4.98 Å². The molecular formula is C13H21N3OS. The Bertz CT molecular complexity index is 397. The number of thiazole rings is 1. The Balaban J connectivity index is 1.67. The van der Waals surface area contributed by atoms with E-state index in [-0.39, 0.29) is 5.91 Å². The first-order chi connectivity index (χ1) is 8.65. The van der Waals surface area contributed by atoms with Crippen LogP contribution in [0.25, 0.3) is 0 Å². The van der Waals surface area contributed by atoms with Crippen molar-refractivity contribution in [1.82, 2.24) is 15.2 Å². The van der Waals surface area contributed by atoms with Crippen LogP contribution in [0, 0.1) is 12.8 Å². The Morgan fingerprint density at radius 3 is 2.89 bits per heavy atom. The molecule has 1 N–H and O–H groups in total. The lowest BCUT2D eigenvalue weighted by Crippen LogP contribution is -2.39. The van der Waals surface area contributed by atoms with E-state index in [1.807, 2.05) is 6.92 Å². The summed E-state index contributed by atoms with van der Waals surface area (Å²) in [6.07, 6.45) is 4.21. The molecule has 2 rings (SSSR count). The lowest BCUT2D eigenvalue weighted by Gasteiger charge is -2.30. The monoisotopic (exact) mass is 267 g/mol. The molecule has 1 aliphatic rings. The molecule has 0 aromatic carbocycles. The van der Waals surface area contributed by atoms with E-state index in [0.717, 1.165) is 37.1 Å². The van der Waals surface area contributed by atoms with E-state index >= 15 is 0 Å². The summed E-state index contributed by atoms with van der Waals surface area (Å²) < 4.78 is 0. The number of aryl methyl sites for hydroxylation is 1. The van der Waals surface area contributed by atoms with Crippen LogP contribution in [0.5, 0.6) is 0 Å². The van der Waals surface area contributed by atoms with Crippen LogP contribution in [0.4, 0.5) is 0 Å². The van der Waals surface area contributed by atoms with Crippen LogP contribution in [0.2, 0.25) is 0 Å². The topological polar surface area (TPSA) is 45.2 Å². The minimum atomic E-state index is 0.00553. The molecular weight excluding hydrogens is 246 g/mol. The fourth-order valence-electron chi connectivity index (χ4n) is 2.17. The number of amides is 1. The quantitative estimate of drug-likeness (QED) is 0.906. The summed E-state index contributed by atoms with van der Waals surface area (Å²) in [6.45, 7) is 8.23. The van der Waals surface area contributed by atoms with Gasteiger partial charge in [0.15, 0.2) is 0 Å². The molecule has 5 heteroatoms. The van der Waals surface area contributed by atoms with E-state index < -0.39 is 0 Å². The van der Waals surface area contributed by atoms with Crippen LogP contribution in [-0.2, 0) is 0 Å². The summed E-state index contributed by atoms with van der Waals surface area (Å²) in [5, 5.41) is 3.90. The number of likely N-dealkylation sites (tertiary alicyclic amines) is 1. The van der Waals surface area contributed by atoms with Crippen LogP contribution in [0.1, 0.15) is 34.4 Å². The Labute approximate surface area is 112 Å². The third-order valence-corrected chi connectivity index (χ3v) is 4.35. The molecule has 1 fully saturated rings. The summed E-state index contributed by atoms with van der Waals surface area (Å²) in [4.78, 5) is 19.0. The summed E-state index contributed by atoms with van der Waals surface area (Å²) in [5.41, 5.74) is 0. The highest BCUT2D eigenvalue weighted by Crippen LogP contribution is 2.15. The molecule has 1 aromatic heterocycles. The zero-order valence-corrected chi connectivity index (χ0v) is 11.9. The molecule has 18 heavy (non-hydrogen) atoms. The molecule has 0 spiro atoms. The maximum Gasteiger partial charge on any atom is 0.263 e. The van der Waals surface area contributed by atoms with Crippen molar-refractivity contribution in [3.63, 3.8) is 0 Å². The number of hydrogen-bond donors (Lipinski definition) is 1. The Morgan fingerprint density at radius 1 is 1.56 bits per heavy atom. The number of carbonyl (C=O) groups excluding carboxylic acids is 1. The van der Waals surface area contributed by atoms with Crippen molar-refractivity contribution in [2.45, 2.75) is 26.7 Å². The van der Waals surface area contributed by atoms with Crippen molar-refractivity contribution in [2.24, 2.45) is 5.92 Å². The average Bonchev–Trinajstić information content (AvgIpc) is 2.78. The van der Waals surface area contributed by atoms with Gasteiger partial charge in [-0.15, -0.1) is 11.3 Å². The number of piperidine rings is 1. The van der Waals surface area contributed by atoms with Gasteiger partial charge in [0.25, 0.3) is 5.91 Å². The van der Waals surface area contributed by atoms with E-state index in [2.05, 4.69) is 22.1 Å². The van der Waals surface area contributed by atoms with Crippen LogP contribution in [0.15, 0.2) is 6.20 Å². The minimum Gasteiger partial charge on any atom is -0.350 e. The van der Waals surface area contributed by atoms with Gasteiger partial charge in [0.2, 0.25) is 0 Å². The molecule has 2 heterocycles.